The molecule has 2 heterocycles. The number of halogens is 1. The Balaban J connectivity index is 1.40. The lowest BCUT2D eigenvalue weighted by Crippen LogP contribution is -2.35. The molecule has 0 radical (unpaired) electrons. The van der Waals surface area contributed by atoms with E-state index in [1.54, 1.807) is 36.8 Å². The van der Waals surface area contributed by atoms with Crippen LogP contribution in [-0.2, 0) is 16.4 Å². The maximum Gasteiger partial charge on any atom is 0.264 e. The van der Waals surface area contributed by atoms with Crippen LogP contribution < -0.4 is 15.4 Å². The van der Waals surface area contributed by atoms with E-state index in [-0.39, 0.29) is 15.7 Å². The summed E-state index contributed by atoms with van der Waals surface area (Å²) < 4.78 is 28.2. The zero-order valence-corrected chi connectivity index (χ0v) is 22.0. The van der Waals surface area contributed by atoms with E-state index in [1.807, 2.05) is 32.2 Å². The Morgan fingerprint density at radius 1 is 0.972 bits per heavy atom. The highest BCUT2D eigenvalue weighted by molar-refractivity contribution is 7.92. The molecule has 0 unspecified atom stereocenters. The van der Waals surface area contributed by atoms with Gasteiger partial charge in [-0.3, -0.25) is 4.72 Å². The average molecular weight is 527 g/mol. The summed E-state index contributed by atoms with van der Waals surface area (Å²) in [5, 5.41) is 6.94. The van der Waals surface area contributed by atoms with Gasteiger partial charge >= 0.3 is 0 Å². The number of nitrogens with zero attached hydrogens (tertiary/aromatic N) is 3. The first-order valence-electron chi connectivity index (χ1n) is 12.1. The Labute approximate surface area is 217 Å². The topological polar surface area (TPSA) is 109 Å². The second-order valence-corrected chi connectivity index (χ2v) is 10.9. The normalized spacial score (nSPS) is 18.3. The Morgan fingerprint density at radius 3 is 2.28 bits per heavy atom. The van der Waals surface area contributed by atoms with Gasteiger partial charge in [-0.25, -0.2) is 23.4 Å². The molecule has 190 valence electrons. The summed E-state index contributed by atoms with van der Waals surface area (Å²) >= 11 is 6.08. The van der Waals surface area contributed by atoms with Crippen LogP contribution in [0.4, 0.5) is 11.8 Å². The summed E-state index contributed by atoms with van der Waals surface area (Å²) in [6.45, 7) is 1.95. The monoisotopic (exact) mass is 526 g/mol. The molecule has 1 aliphatic rings. The molecule has 3 N–H and O–H groups in total. The zero-order chi connectivity index (χ0) is 25.5. The Bertz CT molecular complexity index is 1310. The van der Waals surface area contributed by atoms with Gasteiger partial charge in [0, 0.05) is 36.2 Å². The van der Waals surface area contributed by atoms with Crippen molar-refractivity contribution in [2.75, 3.05) is 17.1 Å². The molecule has 8 nitrogen and oxygen atoms in total. The van der Waals surface area contributed by atoms with Crippen molar-refractivity contribution in [3.63, 3.8) is 0 Å². The third-order valence-electron chi connectivity index (χ3n) is 6.33. The Morgan fingerprint density at radius 2 is 1.61 bits per heavy atom. The largest absolute Gasteiger partial charge is 0.351 e. The second kappa shape index (κ2) is 11.8. The molecule has 0 saturated heterocycles. The smallest absolute Gasteiger partial charge is 0.264 e. The SMILES string of the molecule is CCc1cc(/C=C/c2cnc(NC3CCC(NC)CC3)nc2)cnc1NS(=O)(=O)c1ccccc1Cl. The van der Waals surface area contributed by atoms with Gasteiger partial charge in [-0.1, -0.05) is 42.8 Å². The number of aromatic nitrogens is 3. The lowest BCUT2D eigenvalue weighted by atomic mass is 9.91. The van der Waals surface area contributed by atoms with Crippen molar-refractivity contribution in [3.8, 4) is 0 Å². The summed E-state index contributed by atoms with van der Waals surface area (Å²) in [4.78, 5) is 13.3. The number of pyridine rings is 1. The van der Waals surface area contributed by atoms with Crippen molar-refractivity contribution in [3.05, 3.63) is 70.6 Å². The van der Waals surface area contributed by atoms with Crippen molar-refractivity contribution in [2.24, 2.45) is 0 Å². The van der Waals surface area contributed by atoms with Crippen molar-refractivity contribution in [1.82, 2.24) is 20.3 Å². The molecule has 1 fully saturated rings. The molecular formula is C26H31ClN6O2S. The first-order valence-corrected chi connectivity index (χ1v) is 13.9. The number of benzene rings is 1. The van der Waals surface area contributed by atoms with Crippen LogP contribution in [0.3, 0.4) is 0 Å². The lowest BCUT2D eigenvalue weighted by Gasteiger charge is -2.28. The van der Waals surface area contributed by atoms with Crippen molar-refractivity contribution in [2.45, 2.75) is 56.0 Å². The minimum atomic E-state index is -3.85. The number of sulfonamides is 1. The Hall–Kier alpha value is -3.01. The summed E-state index contributed by atoms with van der Waals surface area (Å²) in [6.07, 6.45) is 14.1. The number of hydrogen-bond donors (Lipinski definition) is 3. The van der Waals surface area contributed by atoms with Crippen LogP contribution >= 0.6 is 11.6 Å². The van der Waals surface area contributed by atoms with Gasteiger partial charge in [0.1, 0.15) is 10.7 Å². The van der Waals surface area contributed by atoms with E-state index in [4.69, 9.17) is 11.6 Å². The summed E-state index contributed by atoms with van der Waals surface area (Å²) in [5.41, 5.74) is 2.48. The first-order chi connectivity index (χ1) is 17.4. The summed E-state index contributed by atoms with van der Waals surface area (Å²) in [6, 6.07) is 9.24. The van der Waals surface area contributed by atoms with Gasteiger partial charge in [0.2, 0.25) is 5.95 Å². The van der Waals surface area contributed by atoms with Gasteiger partial charge in [0.25, 0.3) is 10.0 Å². The summed E-state index contributed by atoms with van der Waals surface area (Å²) in [5.74, 6) is 0.933. The molecule has 1 aliphatic carbocycles. The number of nitrogens with one attached hydrogen (secondary N) is 3. The van der Waals surface area contributed by atoms with Gasteiger partial charge in [-0.15, -0.1) is 0 Å². The van der Waals surface area contributed by atoms with Gasteiger partial charge < -0.3 is 10.6 Å². The molecule has 4 rings (SSSR count). The van der Waals surface area contributed by atoms with Crippen molar-refractivity contribution < 1.29 is 8.42 Å². The van der Waals surface area contributed by atoms with Crippen molar-refractivity contribution >= 4 is 45.5 Å². The van der Waals surface area contributed by atoms with Crippen LogP contribution in [0.15, 0.2) is 53.8 Å². The fourth-order valence-electron chi connectivity index (χ4n) is 4.23. The minimum absolute atomic E-state index is 0.0167. The molecule has 0 amide bonds. The van der Waals surface area contributed by atoms with Crippen LogP contribution in [0.1, 0.15) is 49.3 Å². The second-order valence-electron chi connectivity index (χ2n) is 8.82. The van der Waals surface area contributed by atoms with E-state index in [0.29, 0.717) is 24.5 Å². The van der Waals surface area contributed by atoms with E-state index in [2.05, 4.69) is 30.3 Å². The van der Waals surface area contributed by atoms with Crippen LogP contribution in [0.2, 0.25) is 5.02 Å². The molecule has 36 heavy (non-hydrogen) atoms. The Kier molecular flexibility index (Phi) is 8.56. The fraction of sp³-hybridized carbons (Fsp3) is 0.346. The third kappa shape index (κ3) is 6.60. The predicted octanol–water partition coefficient (Wildman–Crippen LogP) is 5.00. The standard InChI is InChI=1S/C26H31ClN6O2S/c1-3-20-14-18(15-29-25(20)33-36(34,35)24-7-5-4-6-23(24)27)8-9-19-16-30-26(31-17-19)32-22-12-10-21(28-2)11-13-22/h4-9,14-17,21-22,28H,3,10-13H2,1-2H3,(H,29,33)(H,30,31,32)/b9-8+. The highest BCUT2D eigenvalue weighted by Crippen LogP contribution is 2.25. The number of aryl methyl sites for hydroxylation is 1. The molecular weight excluding hydrogens is 496 g/mol. The van der Waals surface area contributed by atoms with Crippen LogP contribution in [0.25, 0.3) is 12.2 Å². The number of rotatable bonds is 9. The number of hydrogen-bond acceptors (Lipinski definition) is 7. The fourth-order valence-corrected chi connectivity index (χ4v) is 5.80. The van der Waals surface area contributed by atoms with Gasteiger partial charge in [0.15, 0.2) is 0 Å². The molecule has 3 aromatic rings. The van der Waals surface area contributed by atoms with Gasteiger partial charge in [0.05, 0.1) is 5.02 Å². The quantitative estimate of drug-likeness (QED) is 0.360. The maximum absolute atomic E-state index is 12.8. The predicted molar refractivity (Wildman–Crippen MR) is 146 cm³/mol. The molecule has 0 aliphatic heterocycles. The van der Waals surface area contributed by atoms with E-state index < -0.39 is 10.0 Å². The average Bonchev–Trinajstić information content (AvgIpc) is 2.89. The van der Waals surface area contributed by atoms with Crippen molar-refractivity contribution in [1.29, 1.82) is 0 Å². The molecule has 10 heteroatoms. The molecule has 0 spiro atoms. The van der Waals surface area contributed by atoms with Gasteiger partial charge in [-0.05, 0) is 68.5 Å². The van der Waals surface area contributed by atoms with E-state index in [9.17, 15) is 8.42 Å². The molecule has 2 aromatic heterocycles. The molecule has 0 bridgehead atoms. The van der Waals surface area contributed by atoms with Crippen LogP contribution in [0.5, 0.6) is 0 Å². The van der Waals surface area contributed by atoms with E-state index in [0.717, 1.165) is 42.4 Å². The molecule has 1 saturated carbocycles. The van der Waals surface area contributed by atoms with Crippen LogP contribution in [-0.4, -0.2) is 42.5 Å². The summed E-state index contributed by atoms with van der Waals surface area (Å²) in [7, 11) is -1.83. The minimum Gasteiger partial charge on any atom is -0.351 e. The highest BCUT2D eigenvalue weighted by Gasteiger charge is 2.21. The maximum atomic E-state index is 12.8. The third-order valence-corrected chi connectivity index (χ3v) is 8.17. The van der Waals surface area contributed by atoms with Gasteiger partial charge in [-0.2, -0.15) is 0 Å². The highest BCUT2D eigenvalue weighted by atomic mass is 35.5. The van der Waals surface area contributed by atoms with E-state index in [1.165, 1.54) is 6.07 Å². The molecule has 0 atom stereocenters. The number of anilines is 2. The first kappa shape index (κ1) is 26.1. The van der Waals surface area contributed by atoms with Crippen LogP contribution in [0, 0.1) is 0 Å². The lowest BCUT2D eigenvalue weighted by molar-refractivity contribution is 0.370. The zero-order valence-electron chi connectivity index (χ0n) is 20.4. The van der Waals surface area contributed by atoms with E-state index >= 15 is 0 Å². The molecule has 1 aromatic carbocycles.